The molecule has 1 aromatic heterocycles. The molecule has 0 unspecified atom stereocenters. The second-order valence-electron chi connectivity index (χ2n) is 5.04. The van der Waals surface area contributed by atoms with Crippen LogP contribution in [0.25, 0.3) is 5.69 Å². The SMILES string of the molecule is CCCCNC(=O)c1nnn(-c2ccc(OC)cc2)c1COC. The molecule has 1 aromatic carbocycles. The summed E-state index contributed by atoms with van der Waals surface area (Å²) in [5.41, 5.74) is 1.70. The minimum atomic E-state index is -0.231. The van der Waals surface area contributed by atoms with Gasteiger partial charge in [-0.1, -0.05) is 18.6 Å². The van der Waals surface area contributed by atoms with Gasteiger partial charge in [0.2, 0.25) is 0 Å². The summed E-state index contributed by atoms with van der Waals surface area (Å²) >= 11 is 0. The highest BCUT2D eigenvalue weighted by Gasteiger charge is 2.20. The average Bonchev–Trinajstić information content (AvgIpc) is 2.99. The molecule has 1 heterocycles. The summed E-state index contributed by atoms with van der Waals surface area (Å²) in [7, 11) is 3.18. The molecule has 23 heavy (non-hydrogen) atoms. The smallest absolute Gasteiger partial charge is 0.273 e. The summed E-state index contributed by atoms with van der Waals surface area (Å²) in [4.78, 5) is 12.3. The van der Waals surface area contributed by atoms with Crippen LogP contribution in [0, 0.1) is 0 Å². The topological polar surface area (TPSA) is 78.3 Å². The molecule has 0 atom stereocenters. The van der Waals surface area contributed by atoms with E-state index in [9.17, 15) is 4.79 Å². The molecular weight excluding hydrogens is 296 g/mol. The third-order valence-corrected chi connectivity index (χ3v) is 3.39. The van der Waals surface area contributed by atoms with Gasteiger partial charge in [0.25, 0.3) is 5.91 Å². The Balaban J connectivity index is 2.27. The van der Waals surface area contributed by atoms with Crippen molar-refractivity contribution in [3.05, 3.63) is 35.7 Å². The summed E-state index contributed by atoms with van der Waals surface area (Å²) in [6, 6.07) is 7.36. The predicted molar refractivity (Wildman–Crippen MR) is 85.9 cm³/mol. The minimum Gasteiger partial charge on any atom is -0.497 e. The van der Waals surface area contributed by atoms with E-state index in [1.54, 1.807) is 18.9 Å². The molecular formula is C16H22N4O3. The van der Waals surface area contributed by atoms with E-state index in [0.717, 1.165) is 24.3 Å². The van der Waals surface area contributed by atoms with E-state index in [4.69, 9.17) is 9.47 Å². The molecule has 0 spiro atoms. The number of carbonyl (C=O) groups is 1. The number of methoxy groups -OCH3 is 2. The number of nitrogens with one attached hydrogen (secondary N) is 1. The van der Waals surface area contributed by atoms with Crippen LogP contribution in [0.2, 0.25) is 0 Å². The first-order valence-electron chi connectivity index (χ1n) is 7.57. The molecule has 2 aromatic rings. The summed E-state index contributed by atoms with van der Waals surface area (Å²) in [6.45, 7) is 2.94. The molecule has 7 nitrogen and oxygen atoms in total. The first kappa shape index (κ1) is 17.0. The molecule has 0 aliphatic heterocycles. The number of nitrogens with zero attached hydrogens (tertiary/aromatic N) is 3. The lowest BCUT2D eigenvalue weighted by molar-refractivity contribution is 0.0942. The van der Waals surface area contributed by atoms with Crippen LogP contribution in [0.4, 0.5) is 0 Å². The predicted octanol–water partition coefficient (Wildman–Crippen LogP) is 1.95. The van der Waals surface area contributed by atoms with E-state index in [2.05, 4.69) is 22.6 Å². The van der Waals surface area contributed by atoms with E-state index >= 15 is 0 Å². The lowest BCUT2D eigenvalue weighted by Crippen LogP contribution is -2.26. The summed E-state index contributed by atoms with van der Waals surface area (Å²) in [6.07, 6.45) is 1.95. The number of rotatable bonds is 8. The standard InChI is InChI=1S/C16H22N4O3/c1-4-5-10-17-16(21)15-14(11-22-2)20(19-18-15)12-6-8-13(23-3)9-7-12/h6-9H,4-5,10-11H2,1-3H3,(H,17,21). The maximum absolute atomic E-state index is 12.3. The van der Waals surface area contributed by atoms with Gasteiger partial charge in [-0.05, 0) is 30.7 Å². The highest BCUT2D eigenvalue weighted by Crippen LogP contribution is 2.18. The van der Waals surface area contributed by atoms with Gasteiger partial charge in [0, 0.05) is 13.7 Å². The van der Waals surface area contributed by atoms with Crippen molar-refractivity contribution in [1.29, 1.82) is 0 Å². The Labute approximate surface area is 135 Å². The first-order valence-corrected chi connectivity index (χ1v) is 7.57. The van der Waals surface area contributed by atoms with Crippen LogP contribution in [-0.4, -0.2) is 41.7 Å². The van der Waals surface area contributed by atoms with Crippen molar-refractivity contribution in [2.75, 3.05) is 20.8 Å². The summed E-state index contributed by atoms with van der Waals surface area (Å²) in [5, 5.41) is 11.0. The van der Waals surface area contributed by atoms with Crippen molar-refractivity contribution in [2.45, 2.75) is 26.4 Å². The van der Waals surface area contributed by atoms with E-state index in [1.807, 2.05) is 24.3 Å². The van der Waals surface area contributed by atoms with Crippen LogP contribution >= 0.6 is 0 Å². The average molecular weight is 318 g/mol. The van der Waals surface area contributed by atoms with Gasteiger partial charge < -0.3 is 14.8 Å². The second-order valence-corrected chi connectivity index (χ2v) is 5.04. The van der Waals surface area contributed by atoms with E-state index in [-0.39, 0.29) is 12.5 Å². The number of hydrogen-bond donors (Lipinski definition) is 1. The van der Waals surface area contributed by atoms with Crippen LogP contribution in [0.5, 0.6) is 5.75 Å². The zero-order valence-electron chi connectivity index (χ0n) is 13.7. The van der Waals surface area contributed by atoms with Crippen LogP contribution in [0.3, 0.4) is 0 Å². The van der Waals surface area contributed by atoms with Crippen molar-refractivity contribution >= 4 is 5.91 Å². The molecule has 0 aliphatic carbocycles. The zero-order chi connectivity index (χ0) is 16.7. The van der Waals surface area contributed by atoms with Gasteiger partial charge in [-0.15, -0.1) is 5.10 Å². The van der Waals surface area contributed by atoms with E-state index in [1.165, 1.54) is 0 Å². The Hall–Kier alpha value is -2.41. The first-order chi connectivity index (χ1) is 11.2. The number of unbranched alkanes of at least 4 members (excludes halogenated alkanes) is 1. The van der Waals surface area contributed by atoms with Gasteiger partial charge in [-0.3, -0.25) is 4.79 Å². The maximum Gasteiger partial charge on any atom is 0.273 e. The van der Waals surface area contributed by atoms with Gasteiger partial charge in [-0.25, -0.2) is 4.68 Å². The monoisotopic (exact) mass is 318 g/mol. The van der Waals surface area contributed by atoms with E-state index in [0.29, 0.717) is 17.9 Å². The van der Waals surface area contributed by atoms with Crippen molar-refractivity contribution in [2.24, 2.45) is 0 Å². The number of ether oxygens (including phenoxy) is 2. The lowest BCUT2D eigenvalue weighted by atomic mass is 10.2. The van der Waals surface area contributed by atoms with Crippen molar-refractivity contribution in [3.8, 4) is 11.4 Å². The molecule has 0 aliphatic rings. The quantitative estimate of drug-likeness (QED) is 0.753. The van der Waals surface area contributed by atoms with Crippen molar-refractivity contribution in [1.82, 2.24) is 20.3 Å². The number of carbonyl (C=O) groups excluding carboxylic acids is 1. The lowest BCUT2D eigenvalue weighted by Gasteiger charge is -2.08. The minimum absolute atomic E-state index is 0.231. The third-order valence-electron chi connectivity index (χ3n) is 3.39. The van der Waals surface area contributed by atoms with Gasteiger partial charge >= 0.3 is 0 Å². The molecule has 124 valence electrons. The number of hydrogen-bond acceptors (Lipinski definition) is 5. The number of benzene rings is 1. The molecule has 0 saturated heterocycles. The molecule has 0 bridgehead atoms. The van der Waals surface area contributed by atoms with Crippen molar-refractivity contribution < 1.29 is 14.3 Å². The van der Waals surface area contributed by atoms with Gasteiger partial charge in [-0.2, -0.15) is 0 Å². The maximum atomic E-state index is 12.3. The molecule has 1 N–H and O–H groups in total. The number of aromatic nitrogens is 3. The molecule has 2 rings (SSSR count). The summed E-state index contributed by atoms with van der Waals surface area (Å²) in [5.74, 6) is 0.518. The van der Waals surface area contributed by atoms with Crippen LogP contribution in [0.15, 0.2) is 24.3 Å². The Morgan fingerprint density at radius 1 is 1.26 bits per heavy atom. The van der Waals surface area contributed by atoms with Crippen LogP contribution in [-0.2, 0) is 11.3 Å². The molecule has 0 fully saturated rings. The number of amides is 1. The van der Waals surface area contributed by atoms with Gasteiger partial charge in [0.15, 0.2) is 5.69 Å². The highest BCUT2D eigenvalue weighted by molar-refractivity contribution is 5.93. The fourth-order valence-corrected chi connectivity index (χ4v) is 2.14. The van der Waals surface area contributed by atoms with Crippen molar-refractivity contribution in [3.63, 3.8) is 0 Å². The third kappa shape index (κ3) is 4.07. The Kier molecular flexibility index (Phi) is 6.10. The molecule has 7 heteroatoms. The zero-order valence-corrected chi connectivity index (χ0v) is 13.7. The normalized spacial score (nSPS) is 10.6. The molecule has 1 amide bonds. The molecule has 0 radical (unpaired) electrons. The Bertz CT molecular complexity index is 637. The van der Waals surface area contributed by atoms with Gasteiger partial charge in [0.05, 0.1) is 19.4 Å². The fraction of sp³-hybridized carbons (Fsp3) is 0.438. The van der Waals surface area contributed by atoms with E-state index < -0.39 is 0 Å². The van der Waals surface area contributed by atoms with Gasteiger partial charge in [0.1, 0.15) is 11.4 Å². The molecule has 0 saturated carbocycles. The Morgan fingerprint density at radius 2 is 2.00 bits per heavy atom. The fourth-order valence-electron chi connectivity index (χ4n) is 2.14. The van der Waals surface area contributed by atoms with Crippen LogP contribution < -0.4 is 10.1 Å². The second kappa shape index (κ2) is 8.28. The largest absolute Gasteiger partial charge is 0.497 e. The van der Waals surface area contributed by atoms with Crippen LogP contribution in [0.1, 0.15) is 35.9 Å². The Morgan fingerprint density at radius 3 is 2.61 bits per heavy atom. The highest BCUT2D eigenvalue weighted by atomic mass is 16.5. The summed E-state index contributed by atoms with van der Waals surface area (Å²) < 4.78 is 12.0.